The maximum Gasteiger partial charge on any atom is 0.287 e. The molecule has 1 aromatic carbocycles. The topological polar surface area (TPSA) is 96.1 Å². The predicted molar refractivity (Wildman–Crippen MR) is 130 cm³/mol. The van der Waals surface area contributed by atoms with Gasteiger partial charge >= 0.3 is 0 Å². The Hall–Kier alpha value is -1.97. The molecule has 0 bridgehead atoms. The minimum Gasteiger partial charge on any atom is -0.377 e. The molecule has 10 heteroatoms. The number of benzene rings is 1. The molecule has 1 aliphatic rings. The number of nitrogens with zero attached hydrogens (tertiary/aromatic N) is 1. The SMILES string of the molecule is Cl.O=C(NCc1cccc(Cl)c1)c1nc2scc(COCCC3CCNCC3)c2c(=O)[nH]1. The molecule has 4 rings (SSSR count). The number of hydrogen-bond donors (Lipinski definition) is 3. The Morgan fingerprint density at radius 2 is 2.12 bits per heavy atom. The van der Waals surface area contributed by atoms with Crippen LogP contribution in [0.25, 0.3) is 10.2 Å². The van der Waals surface area contributed by atoms with Crippen LogP contribution < -0.4 is 16.2 Å². The number of H-pyrrole nitrogens is 1. The lowest BCUT2D eigenvalue weighted by atomic mass is 9.95. The van der Waals surface area contributed by atoms with E-state index in [1.54, 1.807) is 12.1 Å². The molecular formula is C22H26Cl2N4O3S. The third kappa shape index (κ3) is 6.30. The number of piperidine rings is 1. The van der Waals surface area contributed by atoms with Crippen LogP contribution in [-0.4, -0.2) is 35.6 Å². The summed E-state index contributed by atoms with van der Waals surface area (Å²) in [6.45, 7) is 3.50. The van der Waals surface area contributed by atoms with Gasteiger partial charge in [0.2, 0.25) is 5.82 Å². The molecule has 1 saturated heterocycles. The first-order valence-electron chi connectivity index (χ1n) is 10.4. The second kappa shape index (κ2) is 11.8. The third-order valence-corrected chi connectivity index (χ3v) is 6.62. The van der Waals surface area contributed by atoms with E-state index in [-0.39, 0.29) is 23.8 Å². The van der Waals surface area contributed by atoms with Crippen molar-refractivity contribution in [3.05, 3.63) is 62.0 Å². The summed E-state index contributed by atoms with van der Waals surface area (Å²) < 4.78 is 5.83. The van der Waals surface area contributed by atoms with Gasteiger partial charge in [0.25, 0.3) is 11.5 Å². The lowest BCUT2D eigenvalue weighted by Crippen LogP contribution is -2.28. The summed E-state index contributed by atoms with van der Waals surface area (Å²) in [5.41, 5.74) is 1.35. The highest BCUT2D eigenvalue weighted by molar-refractivity contribution is 7.16. The Bertz CT molecular complexity index is 1110. The van der Waals surface area contributed by atoms with Crippen LogP contribution in [0, 0.1) is 5.92 Å². The largest absolute Gasteiger partial charge is 0.377 e. The van der Waals surface area contributed by atoms with Gasteiger partial charge in [-0.2, -0.15) is 0 Å². The first-order valence-corrected chi connectivity index (χ1v) is 11.7. The molecule has 3 N–H and O–H groups in total. The van der Waals surface area contributed by atoms with E-state index in [2.05, 4.69) is 20.6 Å². The molecule has 0 unspecified atom stereocenters. The zero-order chi connectivity index (χ0) is 21.6. The number of thiophene rings is 1. The van der Waals surface area contributed by atoms with Crippen molar-refractivity contribution in [1.82, 2.24) is 20.6 Å². The fraction of sp³-hybridized carbons (Fsp3) is 0.409. The Labute approximate surface area is 201 Å². The summed E-state index contributed by atoms with van der Waals surface area (Å²) in [5, 5.41) is 9.10. The normalized spacial score (nSPS) is 14.3. The average Bonchev–Trinajstić information content (AvgIpc) is 3.19. The van der Waals surface area contributed by atoms with Crippen molar-refractivity contribution in [3.63, 3.8) is 0 Å². The quantitative estimate of drug-likeness (QED) is 0.411. The Balaban J connectivity index is 0.00000289. The summed E-state index contributed by atoms with van der Waals surface area (Å²) in [6.07, 6.45) is 3.42. The average molecular weight is 497 g/mol. The number of aromatic nitrogens is 2. The molecule has 3 heterocycles. The van der Waals surface area contributed by atoms with E-state index in [4.69, 9.17) is 16.3 Å². The van der Waals surface area contributed by atoms with Gasteiger partial charge in [0.1, 0.15) is 4.83 Å². The van der Waals surface area contributed by atoms with Gasteiger partial charge in [-0.1, -0.05) is 23.7 Å². The number of rotatable bonds is 8. The lowest BCUT2D eigenvalue weighted by Gasteiger charge is -2.22. The molecule has 0 aliphatic carbocycles. The number of hydrogen-bond acceptors (Lipinski definition) is 6. The Morgan fingerprint density at radius 3 is 2.91 bits per heavy atom. The van der Waals surface area contributed by atoms with Crippen LogP contribution >= 0.6 is 35.3 Å². The summed E-state index contributed by atoms with van der Waals surface area (Å²) >= 11 is 7.31. The van der Waals surface area contributed by atoms with Gasteiger partial charge in [0, 0.05) is 23.7 Å². The number of fused-ring (bicyclic) bond motifs is 1. The second-order valence-corrected chi connectivity index (χ2v) is 9.00. The van der Waals surface area contributed by atoms with Crippen molar-refractivity contribution >= 4 is 51.5 Å². The number of halogens is 2. The molecule has 172 valence electrons. The van der Waals surface area contributed by atoms with Crippen molar-refractivity contribution in [1.29, 1.82) is 0 Å². The van der Waals surface area contributed by atoms with Gasteiger partial charge in [-0.3, -0.25) is 9.59 Å². The first-order chi connectivity index (χ1) is 15.1. The van der Waals surface area contributed by atoms with Gasteiger partial charge in [-0.15, -0.1) is 23.7 Å². The number of ether oxygens (including phenoxy) is 1. The molecule has 2 aromatic heterocycles. The number of carbonyl (C=O) groups is 1. The zero-order valence-electron chi connectivity index (χ0n) is 17.5. The molecule has 0 radical (unpaired) electrons. The van der Waals surface area contributed by atoms with Crippen molar-refractivity contribution < 1.29 is 9.53 Å². The van der Waals surface area contributed by atoms with Crippen molar-refractivity contribution in [2.24, 2.45) is 5.92 Å². The fourth-order valence-corrected chi connectivity index (χ4v) is 4.87. The van der Waals surface area contributed by atoms with E-state index in [1.807, 2.05) is 17.5 Å². The molecule has 1 aliphatic heterocycles. The van der Waals surface area contributed by atoms with E-state index < -0.39 is 5.91 Å². The number of carbonyl (C=O) groups excluding carboxylic acids is 1. The van der Waals surface area contributed by atoms with Gasteiger partial charge in [0.05, 0.1) is 12.0 Å². The Morgan fingerprint density at radius 1 is 1.31 bits per heavy atom. The monoisotopic (exact) mass is 496 g/mol. The van der Waals surface area contributed by atoms with Crippen LogP contribution in [0.4, 0.5) is 0 Å². The van der Waals surface area contributed by atoms with Gasteiger partial charge in [-0.25, -0.2) is 4.98 Å². The van der Waals surface area contributed by atoms with Gasteiger partial charge in [0.15, 0.2) is 0 Å². The number of nitrogens with one attached hydrogen (secondary N) is 3. The smallest absolute Gasteiger partial charge is 0.287 e. The summed E-state index contributed by atoms with van der Waals surface area (Å²) in [4.78, 5) is 32.6. The lowest BCUT2D eigenvalue weighted by molar-refractivity contribution is 0.0940. The van der Waals surface area contributed by atoms with Crippen molar-refractivity contribution in [3.8, 4) is 0 Å². The number of amides is 1. The summed E-state index contributed by atoms with van der Waals surface area (Å²) in [5.74, 6) is 0.269. The van der Waals surface area contributed by atoms with Crippen LogP contribution in [0.2, 0.25) is 5.02 Å². The highest BCUT2D eigenvalue weighted by Crippen LogP contribution is 2.22. The molecule has 0 saturated carbocycles. The molecule has 32 heavy (non-hydrogen) atoms. The predicted octanol–water partition coefficient (Wildman–Crippen LogP) is 3.90. The van der Waals surface area contributed by atoms with E-state index in [0.717, 1.165) is 30.6 Å². The third-order valence-electron chi connectivity index (χ3n) is 5.46. The van der Waals surface area contributed by atoms with E-state index in [1.165, 1.54) is 24.2 Å². The standard InChI is InChI=1S/C22H25ClN4O3S.ClH/c23-17-3-1-2-15(10-17)11-25-21(29)19-26-20(28)18-16(13-31-22(18)27-19)12-30-9-6-14-4-7-24-8-5-14;/h1-3,10,13-14,24H,4-9,11-12H2,(H,25,29)(H,26,27,28);1H. The minimum atomic E-state index is -0.438. The maximum absolute atomic E-state index is 12.6. The van der Waals surface area contributed by atoms with E-state index in [9.17, 15) is 9.59 Å². The Kier molecular flexibility index (Phi) is 9.07. The molecule has 1 fully saturated rings. The molecule has 3 aromatic rings. The fourth-order valence-electron chi connectivity index (χ4n) is 3.74. The van der Waals surface area contributed by atoms with Crippen LogP contribution in [0.15, 0.2) is 34.4 Å². The van der Waals surface area contributed by atoms with E-state index in [0.29, 0.717) is 40.9 Å². The van der Waals surface area contributed by atoms with Crippen LogP contribution in [-0.2, 0) is 17.9 Å². The summed E-state index contributed by atoms with van der Waals surface area (Å²) in [7, 11) is 0. The highest BCUT2D eigenvalue weighted by atomic mass is 35.5. The van der Waals surface area contributed by atoms with Gasteiger partial charge in [-0.05, 0) is 61.3 Å². The molecule has 1 amide bonds. The molecule has 0 spiro atoms. The van der Waals surface area contributed by atoms with E-state index >= 15 is 0 Å². The second-order valence-electron chi connectivity index (χ2n) is 7.70. The van der Waals surface area contributed by atoms with Crippen LogP contribution in [0.5, 0.6) is 0 Å². The molecular weight excluding hydrogens is 471 g/mol. The highest BCUT2D eigenvalue weighted by Gasteiger charge is 2.16. The molecule has 7 nitrogen and oxygen atoms in total. The maximum atomic E-state index is 12.6. The summed E-state index contributed by atoms with van der Waals surface area (Å²) in [6, 6.07) is 7.23. The number of aromatic amines is 1. The van der Waals surface area contributed by atoms with Crippen molar-refractivity contribution in [2.45, 2.75) is 32.4 Å². The first kappa shape index (κ1) is 24.7. The van der Waals surface area contributed by atoms with Crippen molar-refractivity contribution in [2.75, 3.05) is 19.7 Å². The van der Waals surface area contributed by atoms with Crippen LogP contribution in [0.1, 0.15) is 41.0 Å². The van der Waals surface area contributed by atoms with Crippen LogP contribution in [0.3, 0.4) is 0 Å². The minimum absolute atomic E-state index is 0. The zero-order valence-corrected chi connectivity index (χ0v) is 19.9. The molecule has 0 atom stereocenters. The van der Waals surface area contributed by atoms with Gasteiger partial charge < -0.3 is 20.4 Å².